The van der Waals surface area contributed by atoms with E-state index in [0.29, 0.717) is 19.3 Å². The smallest absolute Gasteiger partial charge is 0.306 e. The van der Waals surface area contributed by atoms with E-state index in [4.69, 9.17) is 14.2 Å². The van der Waals surface area contributed by atoms with Crippen LogP contribution in [0.25, 0.3) is 0 Å². The first-order valence-electron chi connectivity index (χ1n) is 27.3. The Kier molecular flexibility index (Phi) is 50.4. The van der Waals surface area contributed by atoms with Crippen molar-refractivity contribution in [2.75, 3.05) is 13.2 Å². The van der Waals surface area contributed by atoms with E-state index in [0.717, 1.165) is 64.2 Å². The molecule has 0 aliphatic heterocycles. The Balaban J connectivity index is 4.44. The highest BCUT2D eigenvalue weighted by atomic mass is 16.6. The molecule has 0 fully saturated rings. The predicted octanol–water partition coefficient (Wildman–Crippen LogP) is 18.0. The van der Waals surface area contributed by atoms with Crippen molar-refractivity contribution < 1.29 is 28.6 Å². The summed E-state index contributed by atoms with van der Waals surface area (Å²) in [7, 11) is 0. The number of carbonyl (C=O) groups excluding carboxylic acids is 3. The fourth-order valence-corrected chi connectivity index (χ4v) is 7.61. The highest BCUT2D eigenvalue weighted by Crippen LogP contribution is 2.15. The SMILES string of the molecule is CCCCC/C=C\C/C=C\C/C=C\C/C=C\CCCC(=O)OCC(COC(=O)CCCCCCCCCCCCCC)OC(=O)CCCCCCCCC/C=C\CCCCCCCC. The molecule has 0 saturated heterocycles. The number of hydrogen-bond acceptors (Lipinski definition) is 6. The maximum Gasteiger partial charge on any atom is 0.306 e. The second kappa shape index (κ2) is 52.7. The first-order chi connectivity index (χ1) is 31.5. The molecule has 0 saturated carbocycles. The van der Waals surface area contributed by atoms with E-state index in [2.05, 4.69) is 81.5 Å². The van der Waals surface area contributed by atoms with Gasteiger partial charge in [-0.1, -0.05) is 229 Å². The quantitative estimate of drug-likeness (QED) is 0.0262. The van der Waals surface area contributed by atoms with Gasteiger partial charge in [0.05, 0.1) is 0 Å². The van der Waals surface area contributed by atoms with Gasteiger partial charge in [0.2, 0.25) is 0 Å². The van der Waals surface area contributed by atoms with Crippen LogP contribution in [0.5, 0.6) is 0 Å². The lowest BCUT2D eigenvalue weighted by atomic mass is 10.0. The summed E-state index contributed by atoms with van der Waals surface area (Å²) < 4.78 is 16.8. The molecule has 0 aromatic rings. The summed E-state index contributed by atoms with van der Waals surface area (Å²) in [6, 6.07) is 0. The number of ether oxygens (including phenoxy) is 3. The zero-order valence-electron chi connectivity index (χ0n) is 42.3. The van der Waals surface area contributed by atoms with Gasteiger partial charge in [-0.2, -0.15) is 0 Å². The van der Waals surface area contributed by atoms with Crippen LogP contribution in [-0.2, 0) is 28.6 Å². The summed E-state index contributed by atoms with van der Waals surface area (Å²) >= 11 is 0. The molecule has 1 atom stereocenters. The van der Waals surface area contributed by atoms with Crippen LogP contribution in [0.2, 0.25) is 0 Å². The number of hydrogen-bond donors (Lipinski definition) is 0. The van der Waals surface area contributed by atoms with Gasteiger partial charge in [0.25, 0.3) is 0 Å². The summed E-state index contributed by atoms with van der Waals surface area (Å²) in [6.45, 7) is 6.57. The average molecular weight is 895 g/mol. The lowest BCUT2D eigenvalue weighted by Crippen LogP contribution is -2.30. The monoisotopic (exact) mass is 895 g/mol. The Labute approximate surface area is 396 Å². The molecule has 0 aromatic heterocycles. The highest BCUT2D eigenvalue weighted by Gasteiger charge is 2.19. The molecule has 1 unspecified atom stereocenters. The molecule has 6 nitrogen and oxygen atoms in total. The lowest BCUT2D eigenvalue weighted by Gasteiger charge is -2.18. The molecule has 6 heteroatoms. The molecular weight excluding hydrogens is 793 g/mol. The fraction of sp³-hybridized carbons (Fsp3) is 0.776. The Morgan fingerprint density at radius 1 is 0.312 bits per heavy atom. The first kappa shape index (κ1) is 61.1. The molecule has 0 spiro atoms. The van der Waals surface area contributed by atoms with Crippen LogP contribution in [0.15, 0.2) is 60.8 Å². The molecule has 0 radical (unpaired) electrons. The van der Waals surface area contributed by atoms with Gasteiger partial charge in [0.15, 0.2) is 6.10 Å². The predicted molar refractivity (Wildman–Crippen MR) is 275 cm³/mol. The third kappa shape index (κ3) is 50.1. The summed E-state index contributed by atoms with van der Waals surface area (Å²) in [5.41, 5.74) is 0. The van der Waals surface area contributed by atoms with E-state index < -0.39 is 6.10 Å². The van der Waals surface area contributed by atoms with Crippen LogP contribution in [0.1, 0.15) is 271 Å². The van der Waals surface area contributed by atoms with Crippen molar-refractivity contribution in [2.45, 2.75) is 277 Å². The van der Waals surface area contributed by atoms with Crippen molar-refractivity contribution >= 4 is 17.9 Å². The second-order valence-electron chi connectivity index (χ2n) is 18.1. The van der Waals surface area contributed by atoms with Crippen LogP contribution in [0.3, 0.4) is 0 Å². The van der Waals surface area contributed by atoms with Gasteiger partial charge in [-0.25, -0.2) is 0 Å². The van der Waals surface area contributed by atoms with Gasteiger partial charge in [-0.3, -0.25) is 14.4 Å². The Hall–Kier alpha value is -2.89. The van der Waals surface area contributed by atoms with Crippen molar-refractivity contribution in [3.05, 3.63) is 60.8 Å². The van der Waals surface area contributed by atoms with E-state index in [1.54, 1.807) is 0 Å². The Morgan fingerprint density at radius 3 is 0.984 bits per heavy atom. The number of carbonyl (C=O) groups is 3. The topological polar surface area (TPSA) is 78.9 Å². The molecule has 370 valence electrons. The third-order valence-electron chi connectivity index (χ3n) is 11.7. The third-order valence-corrected chi connectivity index (χ3v) is 11.7. The molecule has 0 bridgehead atoms. The maximum absolute atomic E-state index is 12.8. The van der Waals surface area contributed by atoms with Gasteiger partial charge >= 0.3 is 17.9 Å². The number of esters is 3. The van der Waals surface area contributed by atoms with Crippen molar-refractivity contribution in [3.8, 4) is 0 Å². The summed E-state index contributed by atoms with van der Waals surface area (Å²) in [6.07, 6.45) is 64.9. The minimum Gasteiger partial charge on any atom is -0.462 e. The molecule has 0 heterocycles. The zero-order valence-corrected chi connectivity index (χ0v) is 42.3. The van der Waals surface area contributed by atoms with Gasteiger partial charge in [0.1, 0.15) is 13.2 Å². The van der Waals surface area contributed by atoms with Crippen LogP contribution in [-0.4, -0.2) is 37.2 Å². The summed E-state index contributed by atoms with van der Waals surface area (Å²) in [5.74, 6) is -0.946. The van der Waals surface area contributed by atoms with Crippen LogP contribution in [0.4, 0.5) is 0 Å². The van der Waals surface area contributed by atoms with Gasteiger partial charge in [-0.15, -0.1) is 0 Å². The largest absolute Gasteiger partial charge is 0.462 e. The maximum atomic E-state index is 12.8. The van der Waals surface area contributed by atoms with Crippen LogP contribution in [0, 0.1) is 0 Å². The van der Waals surface area contributed by atoms with E-state index in [1.807, 2.05) is 0 Å². The van der Waals surface area contributed by atoms with Gasteiger partial charge in [-0.05, 0) is 83.5 Å². The Bertz CT molecular complexity index is 1170. The average Bonchev–Trinajstić information content (AvgIpc) is 3.29. The van der Waals surface area contributed by atoms with Gasteiger partial charge < -0.3 is 14.2 Å². The zero-order chi connectivity index (χ0) is 46.5. The first-order valence-corrected chi connectivity index (χ1v) is 27.3. The van der Waals surface area contributed by atoms with Crippen molar-refractivity contribution in [1.82, 2.24) is 0 Å². The van der Waals surface area contributed by atoms with E-state index in [-0.39, 0.29) is 37.5 Å². The summed E-state index contributed by atoms with van der Waals surface area (Å²) in [4.78, 5) is 38.0. The Morgan fingerprint density at radius 2 is 0.578 bits per heavy atom. The van der Waals surface area contributed by atoms with Crippen molar-refractivity contribution in [2.24, 2.45) is 0 Å². The second-order valence-corrected chi connectivity index (χ2v) is 18.1. The minimum absolute atomic E-state index is 0.0907. The molecule has 0 aliphatic rings. The number of allylic oxidation sites excluding steroid dienone is 10. The molecule has 0 aliphatic carbocycles. The molecule has 0 aromatic carbocycles. The van der Waals surface area contributed by atoms with Crippen molar-refractivity contribution in [3.63, 3.8) is 0 Å². The molecule has 0 rings (SSSR count). The van der Waals surface area contributed by atoms with E-state index in [9.17, 15) is 14.4 Å². The fourth-order valence-electron chi connectivity index (χ4n) is 7.61. The highest BCUT2D eigenvalue weighted by molar-refractivity contribution is 5.71. The standard InChI is InChI=1S/C58H102O6/c1-4-7-10-13-16-19-22-25-27-29-31-33-36-39-42-45-48-51-57(60)63-54-55(53-62-56(59)50-47-44-41-38-35-24-21-18-15-12-9-6-3)64-58(61)52-49-46-43-40-37-34-32-30-28-26-23-20-17-14-11-8-5-2/h16,19,25-28,31,33,39,42,55H,4-15,17-18,20-24,29-30,32,34-38,40-41,43-54H2,1-3H3/b19-16-,27-25-,28-26-,33-31-,42-39-. The molecule has 64 heavy (non-hydrogen) atoms. The minimum atomic E-state index is -0.796. The van der Waals surface area contributed by atoms with Crippen LogP contribution < -0.4 is 0 Å². The van der Waals surface area contributed by atoms with Gasteiger partial charge in [0, 0.05) is 19.3 Å². The van der Waals surface area contributed by atoms with Crippen molar-refractivity contribution in [1.29, 1.82) is 0 Å². The number of rotatable bonds is 49. The normalized spacial score (nSPS) is 12.5. The molecule has 0 N–H and O–H groups in total. The molecular formula is C58H102O6. The lowest BCUT2D eigenvalue weighted by molar-refractivity contribution is -0.167. The van der Waals surface area contributed by atoms with Crippen LogP contribution >= 0.6 is 0 Å². The van der Waals surface area contributed by atoms with E-state index >= 15 is 0 Å². The van der Waals surface area contributed by atoms with E-state index in [1.165, 1.54) is 161 Å². The molecule has 0 amide bonds. The number of unbranched alkanes of at least 4 members (excludes halogenated alkanes) is 28. The summed E-state index contributed by atoms with van der Waals surface area (Å²) in [5, 5.41) is 0.